The number of pyridine rings is 1. The maximum atomic E-state index is 13.3. The molecule has 6 heteroatoms. The van der Waals surface area contributed by atoms with Crippen molar-refractivity contribution in [2.24, 2.45) is 0 Å². The summed E-state index contributed by atoms with van der Waals surface area (Å²) in [5.74, 6) is 0.0574. The van der Waals surface area contributed by atoms with Crippen molar-refractivity contribution in [3.05, 3.63) is 47.7 Å². The molecule has 1 amide bonds. The molecule has 4 rings (SSSR count). The van der Waals surface area contributed by atoms with E-state index in [9.17, 15) is 4.79 Å². The Balaban J connectivity index is 1.91. The number of hydrogen-bond donors (Lipinski definition) is 1. The van der Waals surface area contributed by atoms with Crippen LogP contribution in [-0.2, 0) is 0 Å². The van der Waals surface area contributed by atoms with Crippen LogP contribution in [0.25, 0.3) is 22.3 Å². The fourth-order valence-electron chi connectivity index (χ4n) is 3.61. The van der Waals surface area contributed by atoms with E-state index in [1.807, 2.05) is 27.8 Å². The molecule has 6 nitrogen and oxygen atoms in total. The first-order valence-electron chi connectivity index (χ1n) is 9.50. The molecule has 2 aromatic heterocycles. The van der Waals surface area contributed by atoms with E-state index in [-0.39, 0.29) is 11.9 Å². The standard InChI is InChI=1S/C21H25N5O/c1-14(2)26-20-18(13-23-26)17(21(27)25-10-8-22-9-11-25)12-19(24-20)16-7-5-4-6-15(16)3/h4-7,12-14,22H,8-11H2,1-3H3. The zero-order chi connectivity index (χ0) is 19.0. The molecular formula is C21H25N5O. The summed E-state index contributed by atoms with van der Waals surface area (Å²) in [6, 6.07) is 10.2. The number of fused-ring (bicyclic) bond motifs is 1. The normalized spacial score (nSPS) is 14.9. The molecule has 0 atom stereocenters. The van der Waals surface area contributed by atoms with Crippen LogP contribution in [0.1, 0.15) is 35.8 Å². The second-order valence-electron chi connectivity index (χ2n) is 7.33. The van der Waals surface area contributed by atoms with Gasteiger partial charge in [-0.15, -0.1) is 0 Å². The average molecular weight is 363 g/mol. The number of piperazine rings is 1. The van der Waals surface area contributed by atoms with Gasteiger partial charge in [-0.05, 0) is 32.4 Å². The van der Waals surface area contributed by atoms with Gasteiger partial charge in [-0.3, -0.25) is 4.79 Å². The van der Waals surface area contributed by atoms with Gasteiger partial charge in [-0.1, -0.05) is 24.3 Å². The number of nitrogens with one attached hydrogen (secondary N) is 1. The molecule has 0 bridgehead atoms. The number of nitrogens with zero attached hydrogens (tertiary/aromatic N) is 4. The SMILES string of the molecule is Cc1ccccc1-c1cc(C(=O)N2CCNCC2)c2cnn(C(C)C)c2n1. The maximum Gasteiger partial charge on any atom is 0.254 e. The Morgan fingerprint density at radius 1 is 1.19 bits per heavy atom. The van der Waals surface area contributed by atoms with Crippen molar-refractivity contribution in [3.63, 3.8) is 0 Å². The van der Waals surface area contributed by atoms with Crippen molar-refractivity contribution in [1.29, 1.82) is 0 Å². The molecule has 1 aliphatic heterocycles. The van der Waals surface area contributed by atoms with E-state index < -0.39 is 0 Å². The number of amides is 1. The Morgan fingerprint density at radius 2 is 1.93 bits per heavy atom. The van der Waals surface area contributed by atoms with Gasteiger partial charge in [0, 0.05) is 37.8 Å². The van der Waals surface area contributed by atoms with E-state index in [4.69, 9.17) is 4.98 Å². The van der Waals surface area contributed by atoms with E-state index in [2.05, 4.69) is 43.3 Å². The zero-order valence-corrected chi connectivity index (χ0v) is 16.1. The fraction of sp³-hybridized carbons (Fsp3) is 0.381. The largest absolute Gasteiger partial charge is 0.336 e. The van der Waals surface area contributed by atoms with Gasteiger partial charge in [-0.2, -0.15) is 5.10 Å². The molecule has 1 saturated heterocycles. The van der Waals surface area contributed by atoms with Crippen LogP contribution in [0, 0.1) is 6.92 Å². The summed E-state index contributed by atoms with van der Waals surface area (Å²) in [6.45, 7) is 9.32. The minimum atomic E-state index is 0.0574. The molecule has 1 fully saturated rings. The van der Waals surface area contributed by atoms with Gasteiger partial charge >= 0.3 is 0 Å². The van der Waals surface area contributed by atoms with Crippen LogP contribution in [0.3, 0.4) is 0 Å². The summed E-state index contributed by atoms with van der Waals surface area (Å²) in [5.41, 5.74) is 4.46. The predicted octanol–water partition coefficient (Wildman–Crippen LogP) is 3.03. The van der Waals surface area contributed by atoms with E-state index in [1.165, 1.54) is 0 Å². The van der Waals surface area contributed by atoms with E-state index in [1.54, 1.807) is 6.20 Å². The molecule has 0 radical (unpaired) electrons. The quantitative estimate of drug-likeness (QED) is 0.777. The third-order valence-corrected chi connectivity index (χ3v) is 5.11. The summed E-state index contributed by atoms with van der Waals surface area (Å²) >= 11 is 0. The van der Waals surface area contributed by atoms with Gasteiger partial charge in [0.25, 0.3) is 5.91 Å². The minimum Gasteiger partial charge on any atom is -0.336 e. The van der Waals surface area contributed by atoms with Crippen molar-refractivity contribution in [2.45, 2.75) is 26.8 Å². The van der Waals surface area contributed by atoms with E-state index >= 15 is 0 Å². The predicted molar refractivity (Wildman–Crippen MR) is 107 cm³/mol. The lowest BCUT2D eigenvalue weighted by Gasteiger charge is -2.27. The van der Waals surface area contributed by atoms with E-state index in [0.29, 0.717) is 5.56 Å². The first-order chi connectivity index (χ1) is 13.1. The summed E-state index contributed by atoms with van der Waals surface area (Å²) in [6.07, 6.45) is 1.78. The molecular weight excluding hydrogens is 338 g/mol. The maximum absolute atomic E-state index is 13.3. The zero-order valence-electron chi connectivity index (χ0n) is 16.1. The van der Waals surface area contributed by atoms with Crippen LogP contribution >= 0.6 is 0 Å². The molecule has 0 spiro atoms. The molecule has 0 unspecified atom stereocenters. The lowest BCUT2D eigenvalue weighted by molar-refractivity contribution is 0.0738. The molecule has 3 heterocycles. The van der Waals surface area contributed by atoms with Crippen LogP contribution in [0.5, 0.6) is 0 Å². The summed E-state index contributed by atoms with van der Waals surface area (Å²) in [7, 11) is 0. The Labute approximate surface area is 159 Å². The number of aromatic nitrogens is 3. The van der Waals surface area contributed by atoms with Gasteiger partial charge in [0.1, 0.15) is 0 Å². The highest BCUT2D eigenvalue weighted by Gasteiger charge is 2.23. The monoisotopic (exact) mass is 363 g/mol. The minimum absolute atomic E-state index is 0.0574. The fourth-order valence-corrected chi connectivity index (χ4v) is 3.61. The highest BCUT2D eigenvalue weighted by molar-refractivity contribution is 6.06. The molecule has 0 saturated carbocycles. The Morgan fingerprint density at radius 3 is 2.63 bits per heavy atom. The Hall–Kier alpha value is -2.73. The second kappa shape index (κ2) is 7.12. The summed E-state index contributed by atoms with van der Waals surface area (Å²) < 4.78 is 1.89. The van der Waals surface area contributed by atoms with Gasteiger partial charge in [0.05, 0.1) is 22.8 Å². The Kier molecular flexibility index (Phi) is 4.66. The van der Waals surface area contributed by atoms with E-state index in [0.717, 1.165) is 54.0 Å². The first-order valence-corrected chi connectivity index (χ1v) is 9.50. The van der Waals surface area contributed by atoms with Gasteiger partial charge in [0.15, 0.2) is 5.65 Å². The summed E-state index contributed by atoms with van der Waals surface area (Å²) in [4.78, 5) is 20.1. The molecule has 1 N–H and O–H groups in total. The van der Waals surface area contributed by atoms with Gasteiger partial charge in [-0.25, -0.2) is 9.67 Å². The van der Waals surface area contributed by atoms with Crippen molar-refractivity contribution in [1.82, 2.24) is 25.0 Å². The van der Waals surface area contributed by atoms with Crippen molar-refractivity contribution in [3.8, 4) is 11.3 Å². The highest BCUT2D eigenvalue weighted by Crippen LogP contribution is 2.29. The van der Waals surface area contributed by atoms with Crippen LogP contribution < -0.4 is 5.32 Å². The first kappa shape index (κ1) is 17.7. The average Bonchev–Trinajstić information content (AvgIpc) is 3.12. The lowest BCUT2D eigenvalue weighted by atomic mass is 10.0. The molecule has 27 heavy (non-hydrogen) atoms. The Bertz CT molecular complexity index is 985. The molecule has 3 aromatic rings. The lowest BCUT2D eigenvalue weighted by Crippen LogP contribution is -2.46. The number of benzene rings is 1. The third kappa shape index (κ3) is 3.21. The van der Waals surface area contributed by atoms with Gasteiger partial charge < -0.3 is 10.2 Å². The number of carbonyl (C=O) groups excluding carboxylic acids is 1. The van der Waals surface area contributed by atoms with Crippen molar-refractivity contribution >= 4 is 16.9 Å². The van der Waals surface area contributed by atoms with Crippen LogP contribution in [0.15, 0.2) is 36.5 Å². The smallest absolute Gasteiger partial charge is 0.254 e. The second-order valence-corrected chi connectivity index (χ2v) is 7.33. The van der Waals surface area contributed by atoms with Crippen molar-refractivity contribution < 1.29 is 4.79 Å². The molecule has 1 aromatic carbocycles. The van der Waals surface area contributed by atoms with Crippen LogP contribution in [0.4, 0.5) is 0 Å². The topological polar surface area (TPSA) is 63.1 Å². The number of hydrogen-bond acceptors (Lipinski definition) is 4. The molecule has 0 aliphatic carbocycles. The van der Waals surface area contributed by atoms with Crippen molar-refractivity contribution in [2.75, 3.05) is 26.2 Å². The molecule has 1 aliphatic rings. The highest BCUT2D eigenvalue weighted by atomic mass is 16.2. The third-order valence-electron chi connectivity index (χ3n) is 5.11. The number of aryl methyl sites for hydroxylation is 1. The number of rotatable bonds is 3. The summed E-state index contributed by atoms with van der Waals surface area (Å²) in [5, 5.41) is 8.63. The molecule has 140 valence electrons. The van der Waals surface area contributed by atoms with Gasteiger partial charge in [0.2, 0.25) is 0 Å². The van der Waals surface area contributed by atoms with Crippen LogP contribution in [-0.4, -0.2) is 51.8 Å². The number of carbonyl (C=O) groups is 1. The van der Waals surface area contributed by atoms with Crippen LogP contribution in [0.2, 0.25) is 0 Å².